The van der Waals surface area contributed by atoms with Crippen LogP contribution in [0.1, 0.15) is 19.4 Å². The first kappa shape index (κ1) is 21.6. The Hall–Kier alpha value is -2.74. The van der Waals surface area contributed by atoms with E-state index in [-0.39, 0.29) is 17.4 Å². The third-order valence-corrected chi connectivity index (χ3v) is 5.03. The Bertz CT molecular complexity index is 802. The molecule has 1 heterocycles. The molecule has 1 saturated heterocycles. The maximum atomic E-state index is 12.6. The zero-order valence-corrected chi connectivity index (χ0v) is 17.1. The number of imide groups is 1. The summed E-state index contributed by atoms with van der Waals surface area (Å²) in [5.74, 6) is 0.337. The number of thioether (sulfide) groups is 1. The molecule has 0 bridgehead atoms. The van der Waals surface area contributed by atoms with Crippen LogP contribution in [0.2, 0.25) is 0 Å². The van der Waals surface area contributed by atoms with E-state index in [1.54, 1.807) is 35.3 Å². The van der Waals surface area contributed by atoms with Crippen molar-refractivity contribution in [2.75, 3.05) is 33.4 Å². The molecular formula is C20H24N2O5S. The van der Waals surface area contributed by atoms with Gasteiger partial charge in [0.2, 0.25) is 5.91 Å². The van der Waals surface area contributed by atoms with Gasteiger partial charge in [0.1, 0.15) is 13.2 Å². The molecule has 150 valence electrons. The van der Waals surface area contributed by atoms with Gasteiger partial charge in [-0.3, -0.25) is 19.3 Å². The lowest BCUT2D eigenvalue weighted by atomic mass is 10.2. The minimum absolute atomic E-state index is 0.249. The number of nitrogens with zero attached hydrogens (tertiary/aromatic N) is 2. The van der Waals surface area contributed by atoms with Gasteiger partial charge in [0.15, 0.2) is 11.5 Å². The van der Waals surface area contributed by atoms with Crippen molar-refractivity contribution in [1.29, 1.82) is 0 Å². The number of hydrogen-bond acceptors (Lipinski definition) is 6. The predicted molar refractivity (Wildman–Crippen MR) is 109 cm³/mol. The van der Waals surface area contributed by atoms with Crippen LogP contribution in [0.5, 0.6) is 11.5 Å². The van der Waals surface area contributed by atoms with Crippen LogP contribution in [0.4, 0.5) is 4.79 Å². The molecule has 1 aliphatic heterocycles. The van der Waals surface area contributed by atoms with Gasteiger partial charge in [-0.2, -0.15) is 0 Å². The summed E-state index contributed by atoms with van der Waals surface area (Å²) in [6, 6.07) is 5.20. The van der Waals surface area contributed by atoms with Crippen molar-refractivity contribution in [3.63, 3.8) is 0 Å². The van der Waals surface area contributed by atoms with Gasteiger partial charge in [-0.15, -0.1) is 0 Å². The lowest BCUT2D eigenvalue weighted by Crippen LogP contribution is -2.41. The van der Waals surface area contributed by atoms with Gasteiger partial charge < -0.3 is 14.4 Å². The number of carbonyl (C=O) groups is 3. The van der Waals surface area contributed by atoms with Crippen LogP contribution in [-0.4, -0.2) is 60.2 Å². The highest BCUT2D eigenvalue weighted by molar-refractivity contribution is 8.18. The van der Waals surface area contributed by atoms with E-state index in [0.29, 0.717) is 36.8 Å². The quantitative estimate of drug-likeness (QED) is 0.465. The second-order valence-electron chi connectivity index (χ2n) is 5.84. The lowest BCUT2D eigenvalue weighted by molar-refractivity contribution is -0.135. The summed E-state index contributed by atoms with van der Waals surface area (Å²) in [7, 11) is 1.52. The fourth-order valence-corrected chi connectivity index (χ4v) is 3.48. The molecule has 0 N–H and O–H groups in total. The Kier molecular flexibility index (Phi) is 7.69. The normalized spacial score (nSPS) is 15.1. The topological polar surface area (TPSA) is 76.2 Å². The Morgan fingerprint density at radius 2 is 1.96 bits per heavy atom. The van der Waals surface area contributed by atoms with Gasteiger partial charge in [0.25, 0.3) is 11.1 Å². The first-order valence-corrected chi connectivity index (χ1v) is 9.71. The summed E-state index contributed by atoms with van der Waals surface area (Å²) in [6.07, 6.45) is 3.23. The third kappa shape index (κ3) is 4.95. The van der Waals surface area contributed by atoms with E-state index in [0.717, 1.165) is 16.7 Å². The molecule has 1 fully saturated rings. The third-order valence-electron chi connectivity index (χ3n) is 4.13. The minimum Gasteiger partial charge on any atom is -0.493 e. The number of methoxy groups -OCH3 is 1. The molecule has 7 nitrogen and oxygen atoms in total. The van der Waals surface area contributed by atoms with Crippen LogP contribution in [0.3, 0.4) is 0 Å². The molecule has 0 spiro atoms. The summed E-state index contributed by atoms with van der Waals surface area (Å²) in [4.78, 5) is 39.9. The SMILES string of the molecule is C=CCOc1ccc(/C=C2\SC(=O)N(CC(=O)N(CC)CC)C2=O)cc1OC. The number of hydrogen-bond donors (Lipinski definition) is 0. The first-order valence-electron chi connectivity index (χ1n) is 8.89. The van der Waals surface area contributed by atoms with E-state index in [4.69, 9.17) is 9.47 Å². The number of rotatable bonds is 9. The monoisotopic (exact) mass is 404 g/mol. The average Bonchev–Trinajstić information content (AvgIpc) is 2.95. The molecule has 1 aliphatic rings. The molecule has 2 rings (SSSR count). The largest absolute Gasteiger partial charge is 0.493 e. The molecule has 0 atom stereocenters. The number of carbonyl (C=O) groups excluding carboxylic acids is 3. The van der Waals surface area contributed by atoms with Gasteiger partial charge in [0.05, 0.1) is 12.0 Å². The highest BCUT2D eigenvalue weighted by Crippen LogP contribution is 2.34. The Morgan fingerprint density at radius 1 is 1.25 bits per heavy atom. The molecule has 0 aliphatic carbocycles. The highest BCUT2D eigenvalue weighted by Gasteiger charge is 2.36. The van der Waals surface area contributed by atoms with E-state index in [1.807, 2.05) is 13.8 Å². The summed E-state index contributed by atoms with van der Waals surface area (Å²) in [5, 5.41) is -0.449. The lowest BCUT2D eigenvalue weighted by Gasteiger charge is -2.21. The fourth-order valence-electron chi connectivity index (χ4n) is 2.64. The Balaban J connectivity index is 2.18. The van der Waals surface area contributed by atoms with Crippen molar-refractivity contribution in [2.45, 2.75) is 13.8 Å². The highest BCUT2D eigenvalue weighted by atomic mass is 32.2. The molecule has 8 heteroatoms. The maximum Gasteiger partial charge on any atom is 0.294 e. The summed E-state index contributed by atoms with van der Waals surface area (Å²) < 4.78 is 10.8. The molecular weight excluding hydrogens is 380 g/mol. The molecule has 0 aromatic heterocycles. The number of ether oxygens (including phenoxy) is 2. The molecule has 28 heavy (non-hydrogen) atoms. The zero-order valence-electron chi connectivity index (χ0n) is 16.3. The maximum absolute atomic E-state index is 12.6. The van der Waals surface area contributed by atoms with E-state index >= 15 is 0 Å². The zero-order chi connectivity index (χ0) is 20.7. The Morgan fingerprint density at radius 3 is 2.57 bits per heavy atom. The van der Waals surface area contributed by atoms with E-state index in [9.17, 15) is 14.4 Å². The molecule has 0 radical (unpaired) electrons. The van der Waals surface area contributed by atoms with Crippen molar-refractivity contribution < 1.29 is 23.9 Å². The standard InChI is InChI=1S/C20H24N2O5S/c1-5-10-27-15-9-8-14(11-16(15)26-4)12-17-19(24)22(20(25)28-17)13-18(23)21(6-2)7-3/h5,8-9,11-12H,1,6-7,10,13H2,2-4H3/b17-12-. The fraction of sp³-hybridized carbons (Fsp3) is 0.350. The van der Waals surface area contributed by atoms with E-state index < -0.39 is 11.1 Å². The first-order chi connectivity index (χ1) is 13.4. The number of likely N-dealkylation sites (N-methyl/N-ethyl adjacent to an activating group) is 1. The second kappa shape index (κ2) is 9.98. The van der Waals surface area contributed by atoms with Crippen LogP contribution in [0, 0.1) is 0 Å². The van der Waals surface area contributed by atoms with Gasteiger partial charge in [-0.1, -0.05) is 18.7 Å². The van der Waals surface area contributed by atoms with Crippen LogP contribution < -0.4 is 9.47 Å². The van der Waals surface area contributed by atoms with Crippen LogP contribution in [0.25, 0.3) is 6.08 Å². The van der Waals surface area contributed by atoms with E-state index in [2.05, 4.69) is 6.58 Å². The van der Waals surface area contributed by atoms with Crippen LogP contribution in [0.15, 0.2) is 35.8 Å². The number of amides is 3. The van der Waals surface area contributed by atoms with Gasteiger partial charge in [0, 0.05) is 13.1 Å². The molecule has 3 amide bonds. The molecule has 0 saturated carbocycles. The van der Waals surface area contributed by atoms with Crippen molar-refractivity contribution in [1.82, 2.24) is 9.80 Å². The minimum atomic E-state index is -0.471. The second-order valence-corrected chi connectivity index (χ2v) is 6.84. The van der Waals surface area contributed by atoms with Gasteiger partial charge in [-0.25, -0.2) is 0 Å². The van der Waals surface area contributed by atoms with Crippen LogP contribution in [-0.2, 0) is 9.59 Å². The van der Waals surface area contributed by atoms with Crippen molar-refractivity contribution in [3.8, 4) is 11.5 Å². The van der Waals surface area contributed by atoms with Crippen molar-refractivity contribution >= 4 is 34.9 Å². The van der Waals surface area contributed by atoms with Crippen molar-refractivity contribution in [2.24, 2.45) is 0 Å². The Labute approximate surface area is 169 Å². The summed E-state index contributed by atoms with van der Waals surface area (Å²) in [5.41, 5.74) is 0.684. The summed E-state index contributed by atoms with van der Waals surface area (Å²) >= 11 is 0.820. The molecule has 1 aromatic carbocycles. The predicted octanol–water partition coefficient (Wildman–Crippen LogP) is 3.16. The molecule has 0 unspecified atom stereocenters. The smallest absolute Gasteiger partial charge is 0.294 e. The van der Waals surface area contributed by atoms with Crippen molar-refractivity contribution in [3.05, 3.63) is 41.3 Å². The molecule has 1 aromatic rings. The van der Waals surface area contributed by atoms with Gasteiger partial charge >= 0.3 is 0 Å². The summed E-state index contributed by atoms with van der Waals surface area (Å²) in [6.45, 7) is 8.46. The average molecular weight is 404 g/mol. The number of benzene rings is 1. The van der Waals surface area contributed by atoms with Gasteiger partial charge in [-0.05, 0) is 49.4 Å². The van der Waals surface area contributed by atoms with E-state index in [1.165, 1.54) is 7.11 Å². The van der Waals surface area contributed by atoms with Crippen LogP contribution >= 0.6 is 11.8 Å².